The maximum atomic E-state index is 14.1. The molecule has 158 valence electrons. The summed E-state index contributed by atoms with van der Waals surface area (Å²) >= 11 is 0. The quantitative estimate of drug-likeness (QED) is 0.281. The molecule has 0 aliphatic heterocycles. The summed E-state index contributed by atoms with van der Waals surface area (Å²) in [5.41, 5.74) is 0.369. The van der Waals surface area contributed by atoms with Crippen LogP contribution in [0.1, 0.15) is 19.8 Å². The Labute approximate surface area is 174 Å². The monoisotopic (exact) mass is 433 g/mol. The van der Waals surface area contributed by atoms with Crippen LogP contribution in [0.3, 0.4) is 0 Å². The smallest absolute Gasteiger partial charge is 0.494 e. The number of para-hydroxylation sites is 2. The molecular formula is C22H22F2NO4P. The molecule has 0 atom stereocenters. The van der Waals surface area contributed by atoms with E-state index in [2.05, 4.69) is 12.0 Å². The predicted molar refractivity (Wildman–Crippen MR) is 112 cm³/mol. The van der Waals surface area contributed by atoms with Crippen LogP contribution >= 0.6 is 7.75 Å². The van der Waals surface area contributed by atoms with E-state index in [1.54, 1.807) is 24.3 Å². The Balaban J connectivity index is 1.83. The van der Waals surface area contributed by atoms with Gasteiger partial charge in [0.15, 0.2) is 23.1 Å². The molecule has 30 heavy (non-hydrogen) atoms. The lowest BCUT2D eigenvalue weighted by atomic mass is 10.3. The minimum Gasteiger partial charge on any atom is -0.494 e. The van der Waals surface area contributed by atoms with Crippen molar-refractivity contribution in [3.63, 3.8) is 0 Å². The molecule has 0 saturated carbocycles. The zero-order valence-electron chi connectivity index (χ0n) is 16.4. The summed E-state index contributed by atoms with van der Waals surface area (Å²) in [7, 11) is -4.25. The van der Waals surface area contributed by atoms with Crippen molar-refractivity contribution in [3.05, 3.63) is 84.4 Å². The molecule has 0 bridgehead atoms. The number of hydrogen-bond donors (Lipinski definition) is 1. The van der Waals surface area contributed by atoms with Crippen molar-refractivity contribution in [1.29, 1.82) is 0 Å². The molecule has 0 unspecified atom stereocenters. The molecule has 3 aromatic rings. The molecule has 0 spiro atoms. The number of nitrogens with one attached hydrogen (secondary N) is 1. The largest absolute Gasteiger partial charge is 0.541 e. The fourth-order valence-electron chi connectivity index (χ4n) is 2.48. The van der Waals surface area contributed by atoms with Gasteiger partial charge in [-0.2, -0.15) is 0 Å². The van der Waals surface area contributed by atoms with E-state index in [9.17, 15) is 13.3 Å². The highest BCUT2D eigenvalue weighted by molar-refractivity contribution is 7.56. The van der Waals surface area contributed by atoms with Crippen molar-refractivity contribution in [2.24, 2.45) is 0 Å². The summed E-state index contributed by atoms with van der Waals surface area (Å²) in [6.07, 6.45) is 1.95. The summed E-state index contributed by atoms with van der Waals surface area (Å²) in [6.45, 7) is 2.66. The van der Waals surface area contributed by atoms with E-state index in [1.807, 2.05) is 0 Å². The van der Waals surface area contributed by atoms with Gasteiger partial charge < -0.3 is 13.8 Å². The lowest BCUT2D eigenvalue weighted by Gasteiger charge is -2.21. The van der Waals surface area contributed by atoms with E-state index in [0.29, 0.717) is 18.0 Å². The third-order valence-electron chi connectivity index (χ3n) is 4.00. The van der Waals surface area contributed by atoms with Crippen LogP contribution in [-0.4, -0.2) is 6.61 Å². The van der Waals surface area contributed by atoms with E-state index in [-0.39, 0.29) is 11.5 Å². The normalized spacial score (nSPS) is 11.0. The fraction of sp³-hybridized carbons (Fsp3) is 0.182. The number of unbranched alkanes of at least 4 members (excludes halogenated alkanes) is 1. The lowest BCUT2D eigenvalue weighted by Crippen LogP contribution is -2.11. The standard InChI is InChI=1S/C22H22F2NO4P/c1-2-3-16-27-18-14-12-17(13-15-18)25-30(26,28-21-10-6-4-8-19(21)23)29-22-11-7-5-9-20(22)24/h4-15H,2-3,16H2,1H3,(H,25,26). The summed E-state index contributed by atoms with van der Waals surface area (Å²) < 4.78 is 57.8. The topological polar surface area (TPSA) is 56.8 Å². The Bertz CT molecular complexity index is 963. The van der Waals surface area contributed by atoms with Crippen LogP contribution in [0.4, 0.5) is 14.5 Å². The molecular weight excluding hydrogens is 411 g/mol. The number of ether oxygens (including phenoxy) is 1. The first kappa shape index (κ1) is 21.7. The Morgan fingerprint density at radius 2 is 1.37 bits per heavy atom. The van der Waals surface area contributed by atoms with Crippen LogP contribution in [0.15, 0.2) is 72.8 Å². The molecule has 3 rings (SSSR count). The molecule has 0 saturated heterocycles. The van der Waals surface area contributed by atoms with Gasteiger partial charge in [-0.3, -0.25) is 5.09 Å². The van der Waals surface area contributed by atoms with Gasteiger partial charge in [0.05, 0.1) is 6.61 Å². The maximum Gasteiger partial charge on any atom is 0.541 e. The maximum absolute atomic E-state index is 14.1. The van der Waals surface area contributed by atoms with Crippen molar-refractivity contribution >= 4 is 13.4 Å². The molecule has 0 amide bonds. The van der Waals surface area contributed by atoms with Crippen molar-refractivity contribution in [2.45, 2.75) is 19.8 Å². The molecule has 8 heteroatoms. The van der Waals surface area contributed by atoms with Crippen LogP contribution in [0.25, 0.3) is 0 Å². The molecule has 0 radical (unpaired) electrons. The fourth-order valence-corrected chi connectivity index (χ4v) is 3.89. The Hall–Kier alpha value is -3.05. The first-order chi connectivity index (χ1) is 14.5. The first-order valence-electron chi connectivity index (χ1n) is 9.48. The molecule has 5 nitrogen and oxygen atoms in total. The Kier molecular flexibility index (Phi) is 7.31. The molecule has 3 aromatic carbocycles. The van der Waals surface area contributed by atoms with Gasteiger partial charge in [0, 0.05) is 5.69 Å². The summed E-state index contributed by atoms with van der Waals surface area (Å²) in [6, 6.07) is 17.5. The highest BCUT2D eigenvalue weighted by atomic mass is 31.2. The summed E-state index contributed by atoms with van der Waals surface area (Å²) in [5.74, 6) is -1.38. The number of hydrogen-bond acceptors (Lipinski definition) is 4. The van der Waals surface area contributed by atoms with E-state index in [0.717, 1.165) is 25.0 Å². The van der Waals surface area contributed by atoms with Crippen LogP contribution in [0.2, 0.25) is 0 Å². The highest BCUT2D eigenvalue weighted by Crippen LogP contribution is 2.49. The van der Waals surface area contributed by atoms with E-state index in [4.69, 9.17) is 13.8 Å². The van der Waals surface area contributed by atoms with Crippen molar-refractivity contribution in [2.75, 3.05) is 11.7 Å². The number of rotatable bonds is 10. The molecule has 0 aromatic heterocycles. The van der Waals surface area contributed by atoms with E-state index >= 15 is 0 Å². The predicted octanol–water partition coefficient (Wildman–Crippen LogP) is 6.82. The van der Waals surface area contributed by atoms with Gasteiger partial charge in [0.2, 0.25) is 0 Å². The van der Waals surface area contributed by atoms with Gasteiger partial charge in [-0.15, -0.1) is 0 Å². The molecule has 0 aliphatic rings. The second-order valence-corrected chi connectivity index (χ2v) is 7.96. The third kappa shape index (κ3) is 5.97. The number of halogens is 2. The van der Waals surface area contributed by atoms with Crippen molar-refractivity contribution < 1.29 is 27.1 Å². The molecule has 0 aliphatic carbocycles. The van der Waals surface area contributed by atoms with Crippen molar-refractivity contribution in [1.82, 2.24) is 0 Å². The van der Waals surface area contributed by atoms with Gasteiger partial charge in [-0.05, 0) is 55.0 Å². The highest BCUT2D eigenvalue weighted by Gasteiger charge is 2.31. The van der Waals surface area contributed by atoms with Crippen LogP contribution in [0, 0.1) is 11.6 Å². The molecule has 0 heterocycles. The van der Waals surface area contributed by atoms with Gasteiger partial charge in [-0.25, -0.2) is 13.3 Å². The zero-order valence-corrected chi connectivity index (χ0v) is 17.3. The van der Waals surface area contributed by atoms with Crippen LogP contribution < -0.4 is 18.9 Å². The van der Waals surface area contributed by atoms with Gasteiger partial charge >= 0.3 is 7.75 Å². The zero-order chi connectivity index (χ0) is 21.4. The van der Waals surface area contributed by atoms with Crippen LogP contribution in [0.5, 0.6) is 17.2 Å². The SMILES string of the molecule is CCCCOc1ccc(NP(=O)(Oc2ccccc2F)Oc2ccccc2F)cc1. The summed E-state index contributed by atoms with van der Waals surface area (Å²) in [4.78, 5) is 0. The van der Waals surface area contributed by atoms with Gasteiger partial charge in [-0.1, -0.05) is 37.6 Å². The lowest BCUT2D eigenvalue weighted by molar-refractivity contribution is 0.309. The molecule has 0 fully saturated rings. The average molecular weight is 433 g/mol. The minimum atomic E-state index is -4.25. The van der Waals surface area contributed by atoms with Gasteiger partial charge in [0.1, 0.15) is 5.75 Å². The van der Waals surface area contributed by atoms with Crippen LogP contribution in [-0.2, 0) is 4.57 Å². The Morgan fingerprint density at radius 1 is 0.833 bits per heavy atom. The third-order valence-corrected chi connectivity index (χ3v) is 5.40. The van der Waals surface area contributed by atoms with Crippen molar-refractivity contribution in [3.8, 4) is 17.2 Å². The summed E-state index contributed by atoms with van der Waals surface area (Å²) in [5, 5.41) is 2.62. The number of benzene rings is 3. The minimum absolute atomic E-state index is 0.288. The number of anilines is 1. The Morgan fingerprint density at radius 3 is 1.87 bits per heavy atom. The first-order valence-corrected chi connectivity index (χ1v) is 11.0. The van der Waals surface area contributed by atoms with E-state index < -0.39 is 19.4 Å². The second kappa shape index (κ2) is 10.1. The van der Waals surface area contributed by atoms with Gasteiger partial charge in [0.25, 0.3) is 0 Å². The van der Waals surface area contributed by atoms with E-state index in [1.165, 1.54) is 36.4 Å². The molecule has 1 N–H and O–H groups in total. The average Bonchev–Trinajstić information content (AvgIpc) is 2.73. The second-order valence-electron chi connectivity index (χ2n) is 6.38.